The number of ether oxygens (including phenoxy) is 1. The zero-order chi connectivity index (χ0) is 24.3. The first-order chi connectivity index (χ1) is 16.2. The fourth-order valence-electron chi connectivity index (χ4n) is 3.43. The fourth-order valence-corrected chi connectivity index (χ4v) is 4.74. The number of rotatable bonds is 6. The maximum atomic E-state index is 12.5. The normalized spacial score (nSPS) is 15.9. The van der Waals surface area contributed by atoms with Crippen molar-refractivity contribution in [1.82, 2.24) is 4.90 Å². The summed E-state index contributed by atoms with van der Waals surface area (Å²) >= 11 is 7.45. The third-order valence-corrected chi connectivity index (χ3v) is 6.55. The van der Waals surface area contributed by atoms with Crippen LogP contribution >= 0.6 is 23.4 Å². The molecule has 0 radical (unpaired) electrons. The van der Waals surface area contributed by atoms with Crippen LogP contribution in [0.15, 0.2) is 72.8 Å². The van der Waals surface area contributed by atoms with Gasteiger partial charge < -0.3 is 15.0 Å². The van der Waals surface area contributed by atoms with E-state index in [9.17, 15) is 22.8 Å². The summed E-state index contributed by atoms with van der Waals surface area (Å²) in [6, 6.07) is 19.1. The van der Waals surface area contributed by atoms with Gasteiger partial charge in [-0.2, -0.15) is 0 Å². The molecule has 1 atom stereocenters. The molecule has 3 aromatic rings. The van der Waals surface area contributed by atoms with Crippen molar-refractivity contribution in [2.45, 2.75) is 18.3 Å². The second kappa shape index (κ2) is 9.99. The summed E-state index contributed by atoms with van der Waals surface area (Å²) in [5, 5.41) is 3.08. The highest BCUT2D eigenvalue weighted by molar-refractivity contribution is 8.00. The molecule has 0 aromatic heterocycles. The molecule has 3 aromatic carbocycles. The summed E-state index contributed by atoms with van der Waals surface area (Å²) in [6.07, 6.45) is -4.78. The molecule has 4 rings (SSSR count). The van der Waals surface area contributed by atoms with Crippen molar-refractivity contribution >= 4 is 40.9 Å². The Balaban J connectivity index is 1.41. The molecule has 1 fully saturated rings. The van der Waals surface area contributed by atoms with E-state index in [1.165, 1.54) is 23.9 Å². The second-order valence-corrected chi connectivity index (χ2v) is 8.96. The van der Waals surface area contributed by atoms with Crippen molar-refractivity contribution < 1.29 is 27.5 Å². The molecule has 34 heavy (non-hydrogen) atoms. The third kappa shape index (κ3) is 6.03. The number of nitrogens with zero attached hydrogens (tertiary/aromatic N) is 1. The number of anilines is 1. The fraction of sp³-hybridized carbons (Fsp3) is 0.167. The van der Waals surface area contributed by atoms with Crippen molar-refractivity contribution in [2.24, 2.45) is 0 Å². The molecule has 1 aliphatic rings. The number of halogens is 4. The van der Waals surface area contributed by atoms with Crippen molar-refractivity contribution in [3.63, 3.8) is 0 Å². The predicted octanol–water partition coefficient (Wildman–Crippen LogP) is 6.27. The summed E-state index contributed by atoms with van der Waals surface area (Å²) in [4.78, 5) is 26.8. The summed E-state index contributed by atoms with van der Waals surface area (Å²) < 4.78 is 40.6. The number of nitrogens with one attached hydrogen (secondary N) is 1. The van der Waals surface area contributed by atoms with E-state index < -0.39 is 12.3 Å². The van der Waals surface area contributed by atoms with Crippen LogP contribution in [0, 0.1) is 0 Å². The highest BCUT2D eigenvalue weighted by Crippen LogP contribution is 2.39. The minimum atomic E-state index is -4.78. The SMILES string of the molecule is O=C(Nc1ccc(OC(F)(F)F)cc1)c1ccc([C@H]2SCC(=O)N2Cc2ccc(Cl)cc2)cc1. The minimum Gasteiger partial charge on any atom is -0.406 e. The van der Waals surface area contributed by atoms with Gasteiger partial charge in [-0.05, 0) is 59.7 Å². The number of benzene rings is 3. The lowest BCUT2D eigenvalue weighted by Crippen LogP contribution is -2.27. The van der Waals surface area contributed by atoms with E-state index in [-0.39, 0.29) is 17.0 Å². The van der Waals surface area contributed by atoms with Gasteiger partial charge in [0.2, 0.25) is 5.91 Å². The van der Waals surface area contributed by atoms with E-state index >= 15 is 0 Å². The lowest BCUT2D eigenvalue weighted by Gasteiger charge is -2.24. The van der Waals surface area contributed by atoms with E-state index in [0.29, 0.717) is 28.6 Å². The first-order valence-corrected chi connectivity index (χ1v) is 11.5. The number of carbonyl (C=O) groups is 2. The maximum Gasteiger partial charge on any atom is 0.573 e. The second-order valence-electron chi connectivity index (χ2n) is 7.46. The molecule has 1 saturated heterocycles. The Labute approximate surface area is 202 Å². The molecule has 0 spiro atoms. The predicted molar refractivity (Wildman–Crippen MR) is 125 cm³/mol. The largest absolute Gasteiger partial charge is 0.573 e. The zero-order valence-corrected chi connectivity index (χ0v) is 19.1. The Bertz CT molecular complexity index is 1170. The molecule has 0 bridgehead atoms. The van der Waals surface area contributed by atoms with Crippen LogP contribution in [0.25, 0.3) is 0 Å². The van der Waals surface area contributed by atoms with E-state index in [4.69, 9.17) is 11.6 Å². The number of amides is 2. The standard InChI is InChI=1S/C24H18ClF3N2O3S/c25-18-7-1-15(2-8-18)13-30-21(31)14-34-23(30)17-5-3-16(4-6-17)22(32)29-19-9-11-20(12-10-19)33-24(26,27)28/h1-12,23H,13-14H2,(H,29,32)/t23-/m1/s1. The molecule has 0 unspecified atom stereocenters. The molecule has 1 heterocycles. The molecule has 1 N–H and O–H groups in total. The van der Waals surface area contributed by atoms with Crippen LogP contribution in [0.5, 0.6) is 5.75 Å². The number of hydrogen-bond acceptors (Lipinski definition) is 4. The van der Waals surface area contributed by atoms with Crippen LogP contribution in [0.1, 0.15) is 26.9 Å². The molecule has 5 nitrogen and oxygen atoms in total. The van der Waals surface area contributed by atoms with E-state index in [1.54, 1.807) is 41.3 Å². The monoisotopic (exact) mass is 506 g/mol. The van der Waals surface area contributed by atoms with E-state index in [0.717, 1.165) is 23.3 Å². The molecule has 0 saturated carbocycles. The topological polar surface area (TPSA) is 58.6 Å². The van der Waals surface area contributed by atoms with Gasteiger partial charge in [0.25, 0.3) is 5.91 Å². The van der Waals surface area contributed by atoms with Crippen molar-refractivity contribution in [2.75, 3.05) is 11.1 Å². The summed E-state index contributed by atoms with van der Waals surface area (Å²) in [7, 11) is 0. The van der Waals surface area contributed by atoms with Gasteiger partial charge in [-0.3, -0.25) is 9.59 Å². The van der Waals surface area contributed by atoms with Gasteiger partial charge in [-0.25, -0.2) is 0 Å². The van der Waals surface area contributed by atoms with Gasteiger partial charge in [0, 0.05) is 22.8 Å². The van der Waals surface area contributed by atoms with Crippen LogP contribution < -0.4 is 10.1 Å². The van der Waals surface area contributed by atoms with Gasteiger partial charge in [-0.15, -0.1) is 24.9 Å². The Morgan fingerprint density at radius 2 is 1.68 bits per heavy atom. The quantitative estimate of drug-likeness (QED) is 0.428. The van der Waals surface area contributed by atoms with Crippen molar-refractivity contribution in [1.29, 1.82) is 0 Å². The Kier molecular flexibility index (Phi) is 7.04. The smallest absolute Gasteiger partial charge is 0.406 e. The molecule has 0 aliphatic carbocycles. The maximum absolute atomic E-state index is 12.5. The average molecular weight is 507 g/mol. The van der Waals surface area contributed by atoms with E-state index in [2.05, 4.69) is 10.1 Å². The average Bonchev–Trinajstić information content (AvgIpc) is 3.16. The van der Waals surface area contributed by atoms with Crippen molar-refractivity contribution in [3.8, 4) is 5.75 Å². The first kappa shape index (κ1) is 24.0. The van der Waals surface area contributed by atoms with Crippen LogP contribution in [0.4, 0.5) is 18.9 Å². The summed E-state index contributed by atoms with van der Waals surface area (Å²) in [5.74, 6) is -0.385. The van der Waals surface area contributed by atoms with Crippen LogP contribution in [0.2, 0.25) is 5.02 Å². The van der Waals surface area contributed by atoms with E-state index in [1.807, 2.05) is 12.1 Å². The minimum absolute atomic E-state index is 0.0321. The number of thioether (sulfide) groups is 1. The lowest BCUT2D eigenvalue weighted by molar-refractivity contribution is -0.274. The highest BCUT2D eigenvalue weighted by atomic mass is 35.5. The molecule has 1 aliphatic heterocycles. The summed E-state index contributed by atoms with van der Waals surface area (Å²) in [5.41, 5.74) is 2.55. The van der Waals surface area contributed by atoms with Gasteiger partial charge in [0.05, 0.1) is 5.75 Å². The zero-order valence-electron chi connectivity index (χ0n) is 17.5. The van der Waals surface area contributed by atoms with Gasteiger partial charge in [0.15, 0.2) is 0 Å². The summed E-state index contributed by atoms with van der Waals surface area (Å²) in [6.45, 7) is 0.448. The Morgan fingerprint density at radius 3 is 2.29 bits per heavy atom. The molecular formula is C24H18ClF3N2O3S. The van der Waals surface area contributed by atoms with Crippen LogP contribution in [-0.2, 0) is 11.3 Å². The van der Waals surface area contributed by atoms with Gasteiger partial charge in [-0.1, -0.05) is 35.9 Å². The molecule has 10 heteroatoms. The molecule has 2 amide bonds. The molecule has 176 valence electrons. The van der Waals surface area contributed by atoms with Gasteiger partial charge in [0.1, 0.15) is 11.1 Å². The third-order valence-electron chi connectivity index (χ3n) is 5.04. The number of hydrogen-bond donors (Lipinski definition) is 1. The Hall–Kier alpha value is -3.17. The lowest BCUT2D eigenvalue weighted by atomic mass is 10.1. The number of alkyl halides is 3. The van der Waals surface area contributed by atoms with Crippen LogP contribution in [0.3, 0.4) is 0 Å². The highest BCUT2D eigenvalue weighted by Gasteiger charge is 2.33. The van der Waals surface area contributed by atoms with Crippen molar-refractivity contribution in [3.05, 3.63) is 94.5 Å². The first-order valence-electron chi connectivity index (χ1n) is 10.1. The number of carbonyl (C=O) groups excluding carboxylic acids is 2. The molecular weight excluding hydrogens is 489 g/mol. The Morgan fingerprint density at radius 1 is 1.03 bits per heavy atom. The van der Waals surface area contributed by atoms with Crippen LogP contribution in [-0.4, -0.2) is 28.8 Å². The van der Waals surface area contributed by atoms with Gasteiger partial charge >= 0.3 is 6.36 Å².